The second-order valence-corrected chi connectivity index (χ2v) is 5.78. The van der Waals surface area contributed by atoms with Crippen molar-refractivity contribution < 1.29 is 31.9 Å². The molecule has 0 amide bonds. The van der Waals surface area contributed by atoms with E-state index in [0.717, 1.165) is 0 Å². The maximum absolute atomic E-state index is 13.9. The molecule has 1 fully saturated rings. The van der Waals surface area contributed by atoms with Crippen molar-refractivity contribution in [1.29, 1.82) is 0 Å². The van der Waals surface area contributed by atoms with E-state index in [9.17, 15) is 27.2 Å². The third-order valence-corrected chi connectivity index (χ3v) is 3.94. The van der Waals surface area contributed by atoms with Gasteiger partial charge in [-0.25, -0.2) is 22.4 Å². The predicted octanol–water partition coefficient (Wildman–Crippen LogP) is 2.12. The molecule has 26 heavy (non-hydrogen) atoms. The highest BCUT2D eigenvalue weighted by Gasteiger charge is 2.29. The topological polar surface area (TPSA) is 49.9 Å². The first kappa shape index (κ1) is 19.9. The lowest BCUT2D eigenvalue weighted by atomic mass is 10.0. The third-order valence-electron chi connectivity index (χ3n) is 3.94. The second kappa shape index (κ2) is 8.31. The molecule has 2 rings (SSSR count). The van der Waals surface area contributed by atoms with Crippen LogP contribution in [0.15, 0.2) is 17.8 Å². The fourth-order valence-corrected chi connectivity index (χ4v) is 2.43. The Kier molecular flexibility index (Phi) is 6.36. The highest BCUT2D eigenvalue weighted by molar-refractivity contribution is 6.24. The normalized spacial score (nSPS) is 15.9. The van der Waals surface area contributed by atoms with Gasteiger partial charge in [-0.1, -0.05) is 0 Å². The van der Waals surface area contributed by atoms with Crippen LogP contribution in [0.4, 0.5) is 17.6 Å². The van der Waals surface area contributed by atoms with Crippen LogP contribution in [0.1, 0.15) is 17.3 Å². The van der Waals surface area contributed by atoms with Gasteiger partial charge in [-0.2, -0.15) is 0 Å². The van der Waals surface area contributed by atoms with Crippen molar-refractivity contribution in [3.8, 4) is 0 Å². The molecule has 0 bridgehead atoms. The summed E-state index contributed by atoms with van der Waals surface area (Å²) >= 11 is 0. The zero-order valence-corrected chi connectivity index (χ0v) is 14.3. The number of hydrogen-bond donors (Lipinski definition) is 0. The number of likely N-dealkylation sites (N-methyl/N-ethyl adjacent to an activating group) is 1. The minimum absolute atomic E-state index is 0.0547. The van der Waals surface area contributed by atoms with Gasteiger partial charge in [0, 0.05) is 32.4 Å². The number of Topliss-reactive ketones (excluding diaryl/α,β-unsaturated/α-hetero) is 1. The molecule has 1 aliphatic heterocycles. The quantitative estimate of drug-likeness (QED) is 0.116. The Morgan fingerprint density at radius 1 is 1.08 bits per heavy atom. The lowest BCUT2D eigenvalue weighted by Gasteiger charge is -2.31. The maximum atomic E-state index is 13.9. The van der Waals surface area contributed by atoms with Crippen LogP contribution in [0.2, 0.25) is 0 Å². The summed E-state index contributed by atoms with van der Waals surface area (Å²) in [6.07, 6.45) is 1.19. The van der Waals surface area contributed by atoms with Gasteiger partial charge < -0.3 is 14.5 Å². The van der Waals surface area contributed by atoms with Crippen molar-refractivity contribution >= 4 is 11.8 Å². The van der Waals surface area contributed by atoms with E-state index in [0.29, 0.717) is 26.2 Å². The van der Waals surface area contributed by atoms with E-state index in [-0.39, 0.29) is 12.7 Å². The first-order chi connectivity index (χ1) is 12.3. The Hall–Kier alpha value is -2.42. The summed E-state index contributed by atoms with van der Waals surface area (Å²) in [7, 11) is 1.90. The number of halogens is 4. The molecule has 1 saturated heterocycles. The van der Waals surface area contributed by atoms with Gasteiger partial charge in [0.15, 0.2) is 23.3 Å². The van der Waals surface area contributed by atoms with Gasteiger partial charge in [0.05, 0.1) is 12.2 Å². The van der Waals surface area contributed by atoms with Crippen LogP contribution in [0.3, 0.4) is 0 Å². The van der Waals surface area contributed by atoms with Crippen LogP contribution in [0.25, 0.3) is 0 Å². The van der Waals surface area contributed by atoms with Crippen LogP contribution in [0.5, 0.6) is 0 Å². The molecule has 0 atom stereocenters. The van der Waals surface area contributed by atoms with Gasteiger partial charge in [0.2, 0.25) is 5.78 Å². The molecule has 0 aromatic heterocycles. The van der Waals surface area contributed by atoms with E-state index >= 15 is 0 Å². The fraction of sp³-hybridized carbons (Fsp3) is 0.412. The number of ether oxygens (including phenoxy) is 1. The van der Waals surface area contributed by atoms with E-state index in [1.54, 1.807) is 4.90 Å². The van der Waals surface area contributed by atoms with Crippen molar-refractivity contribution in [3.63, 3.8) is 0 Å². The molecule has 0 saturated carbocycles. The Labute approximate surface area is 147 Å². The van der Waals surface area contributed by atoms with E-state index in [2.05, 4.69) is 0 Å². The monoisotopic (exact) mass is 374 g/mol. The van der Waals surface area contributed by atoms with Crippen LogP contribution in [-0.2, 0) is 9.53 Å². The van der Waals surface area contributed by atoms with Crippen LogP contribution in [0, 0.1) is 23.3 Å². The molecule has 0 radical (unpaired) electrons. The van der Waals surface area contributed by atoms with Gasteiger partial charge in [-0.3, -0.25) is 4.79 Å². The van der Waals surface area contributed by atoms with E-state index < -0.39 is 46.2 Å². The number of rotatable bonds is 5. The first-order valence-electron chi connectivity index (χ1n) is 7.95. The number of nitrogens with zero attached hydrogens (tertiary/aromatic N) is 2. The van der Waals surface area contributed by atoms with Crippen LogP contribution >= 0.6 is 0 Å². The minimum Gasteiger partial charge on any atom is -0.462 e. The first-order valence-corrected chi connectivity index (χ1v) is 7.95. The van der Waals surface area contributed by atoms with Gasteiger partial charge in [-0.15, -0.1) is 0 Å². The fourth-order valence-electron chi connectivity index (χ4n) is 2.43. The number of carbonyl (C=O) groups excluding carboxylic acids is 2. The summed E-state index contributed by atoms with van der Waals surface area (Å²) < 4.78 is 58.7. The minimum atomic E-state index is -2.11. The zero-order valence-electron chi connectivity index (χ0n) is 14.3. The molecule has 0 unspecified atom stereocenters. The molecule has 0 N–H and O–H groups in total. The summed E-state index contributed by atoms with van der Waals surface area (Å²) in [6.45, 7) is 3.75. The van der Waals surface area contributed by atoms with Crippen molar-refractivity contribution in [2.24, 2.45) is 0 Å². The molecule has 142 valence electrons. The Morgan fingerprint density at radius 2 is 1.69 bits per heavy atom. The Morgan fingerprint density at radius 3 is 2.27 bits per heavy atom. The molecule has 5 nitrogen and oxygen atoms in total. The van der Waals surface area contributed by atoms with E-state index in [4.69, 9.17) is 4.74 Å². The van der Waals surface area contributed by atoms with E-state index in [1.807, 2.05) is 11.9 Å². The molecule has 1 aliphatic rings. The SMILES string of the molecule is CCOC(=O)/C(=C/N1CCN(C)CC1)C(=O)c1cc(F)c(F)c(F)c1F. The summed E-state index contributed by atoms with van der Waals surface area (Å²) in [4.78, 5) is 28.3. The molecule has 1 aromatic rings. The molecule has 9 heteroatoms. The Bertz CT molecular complexity index is 744. The van der Waals surface area contributed by atoms with E-state index in [1.165, 1.54) is 13.1 Å². The zero-order chi connectivity index (χ0) is 19.4. The standard InChI is InChI=1S/C17H18F4N2O3/c1-3-26-17(25)11(9-23-6-4-22(2)5-7-23)16(24)10-8-12(18)14(20)15(21)13(10)19/h8-9H,3-7H2,1-2H3/b11-9+. The summed E-state index contributed by atoms with van der Waals surface area (Å²) in [6, 6.07) is 0.229. The molecule has 0 spiro atoms. The van der Waals surface area contributed by atoms with Gasteiger partial charge in [0.1, 0.15) is 5.57 Å². The van der Waals surface area contributed by atoms with Crippen molar-refractivity contribution in [3.05, 3.63) is 46.7 Å². The van der Waals surface area contributed by atoms with Gasteiger partial charge in [-0.05, 0) is 20.0 Å². The lowest BCUT2D eigenvalue weighted by molar-refractivity contribution is -0.138. The molecular weight excluding hydrogens is 356 g/mol. The predicted molar refractivity (Wildman–Crippen MR) is 84.4 cm³/mol. The average Bonchev–Trinajstić information content (AvgIpc) is 2.62. The summed E-state index contributed by atoms with van der Waals surface area (Å²) in [5.41, 5.74) is -1.66. The van der Waals surface area contributed by atoms with Crippen LogP contribution < -0.4 is 0 Å². The number of benzene rings is 1. The second-order valence-electron chi connectivity index (χ2n) is 5.78. The molecule has 0 aliphatic carbocycles. The number of carbonyl (C=O) groups is 2. The van der Waals surface area contributed by atoms with Crippen LogP contribution in [-0.4, -0.2) is 61.4 Å². The number of esters is 1. The smallest absolute Gasteiger partial charge is 0.343 e. The van der Waals surface area contributed by atoms with Crippen molar-refractivity contribution in [2.75, 3.05) is 39.8 Å². The third kappa shape index (κ3) is 4.21. The van der Waals surface area contributed by atoms with Crippen molar-refractivity contribution in [2.45, 2.75) is 6.92 Å². The lowest BCUT2D eigenvalue weighted by Crippen LogP contribution is -2.42. The molecular formula is C17H18F4N2O3. The Balaban J connectivity index is 2.42. The highest BCUT2D eigenvalue weighted by Crippen LogP contribution is 2.22. The number of ketones is 1. The largest absolute Gasteiger partial charge is 0.462 e. The molecule has 1 aromatic carbocycles. The van der Waals surface area contributed by atoms with Gasteiger partial charge in [0.25, 0.3) is 0 Å². The maximum Gasteiger partial charge on any atom is 0.343 e. The number of piperazine rings is 1. The summed E-state index contributed by atoms with van der Waals surface area (Å²) in [5, 5.41) is 0. The summed E-state index contributed by atoms with van der Waals surface area (Å²) in [5.74, 6) is -10.1. The molecule has 1 heterocycles. The van der Waals surface area contributed by atoms with Gasteiger partial charge >= 0.3 is 5.97 Å². The number of hydrogen-bond acceptors (Lipinski definition) is 5. The highest BCUT2D eigenvalue weighted by atomic mass is 19.2. The van der Waals surface area contributed by atoms with Crippen molar-refractivity contribution in [1.82, 2.24) is 9.80 Å². The average molecular weight is 374 g/mol.